The standard InChI is InChI=1S/C30H49NO5/c1-5-6-20-18-31(11-12-34-20)23-16-28(2)19(15-24(23)32)7-8-21-22-9-10-26(30(4)35-13-14-36-30)29(22,3)17-25(33)27(21)28/h19-24,26-27,32H,5-18H2,1-4H3/t19-,20-,21-,22-,23-,24-,26-,27+,28-,29-/m0/s1. The number of hydrogen-bond acceptors (Lipinski definition) is 6. The Labute approximate surface area is 217 Å². The second kappa shape index (κ2) is 9.29. The third-order valence-corrected chi connectivity index (χ3v) is 12.1. The lowest BCUT2D eigenvalue weighted by atomic mass is 9.43. The van der Waals surface area contributed by atoms with Crippen LogP contribution < -0.4 is 0 Å². The van der Waals surface area contributed by atoms with Gasteiger partial charge >= 0.3 is 0 Å². The first-order valence-electron chi connectivity index (χ1n) is 15.0. The second-order valence-corrected chi connectivity index (χ2v) is 13.9. The minimum atomic E-state index is -0.539. The highest BCUT2D eigenvalue weighted by Crippen LogP contribution is 2.68. The van der Waals surface area contributed by atoms with Crippen molar-refractivity contribution in [3.05, 3.63) is 0 Å². The summed E-state index contributed by atoms with van der Waals surface area (Å²) in [6, 6.07) is 0.143. The van der Waals surface area contributed by atoms with Gasteiger partial charge in [-0.1, -0.05) is 27.2 Å². The number of hydrogen-bond donors (Lipinski definition) is 1. The first-order valence-corrected chi connectivity index (χ1v) is 15.0. The molecule has 0 bridgehead atoms. The molecule has 0 unspecified atom stereocenters. The van der Waals surface area contributed by atoms with E-state index in [4.69, 9.17) is 14.2 Å². The highest BCUT2D eigenvalue weighted by Gasteiger charge is 2.67. The Morgan fingerprint density at radius 3 is 2.56 bits per heavy atom. The van der Waals surface area contributed by atoms with Crippen LogP contribution >= 0.6 is 0 Å². The molecule has 2 heterocycles. The van der Waals surface area contributed by atoms with Gasteiger partial charge in [-0.15, -0.1) is 0 Å². The quantitative estimate of drug-likeness (QED) is 0.612. The summed E-state index contributed by atoms with van der Waals surface area (Å²) in [5, 5.41) is 11.3. The van der Waals surface area contributed by atoms with Gasteiger partial charge in [-0.3, -0.25) is 9.69 Å². The second-order valence-electron chi connectivity index (χ2n) is 13.9. The molecule has 6 nitrogen and oxygen atoms in total. The summed E-state index contributed by atoms with van der Waals surface area (Å²) >= 11 is 0. The van der Waals surface area contributed by atoms with Crippen LogP contribution in [0.15, 0.2) is 0 Å². The van der Waals surface area contributed by atoms with Gasteiger partial charge in [-0.2, -0.15) is 0 Å². The Morgan fingerprint density at radius 2 is 1.81 bits per heavy atom. The molecular formula is C30H49NO5. The van der Waals surface area contributed by atoms with E-state index in [1.165, 1.54) is 6.42 Å². The molecule has 204 valence electrons. The average Bonchev–Trinajstić information content (AvgIpc) is 3.43. The zero-order valence-electron chi connectivity index (χ0n) is 23.0. The Balaban J connectivity index is 1.25. The largest absolute Gasteiger partial charge is 0.391 e. The summed E-state index contributed by atoms with van der Waals surface area (Å²) in [4.78, 5) is 16.7. The highest BCUT2D eigenvalue weighted by molar-refractivity contribution is 5.84. The zero-order chi connectivity index (χ0) is 25.3. The van der Waals surface area contributed by atoms with Crippen LogP contribution in [0.2, 0.25) is 0 Å². The van der Waals surface area contributed by atoms with Gasteiger partial charge in [0.2, 0.25) is 0 Å². The molecule has 2 saturated heterocycles. The van der Waals surface area contributed by atoms with Crippen LogP contribution in [0.5, 0.6) is 0 Å². The van der Waals surface area contributed by atoms with E-state index in [0.29, 0.717) is 43.2 Å². The number of aliphatic hydroxyl groups excluding tert-OH is 1. The van der Waals surface area contributed by atoms with Gasteiger partial charge < -0.3 is 19.3 Å². The SMILES string of the molecule is CCC[C@H]1CN([C@H]2C[C@@]3(C)[C@@H](CC[C@H]4[C@@H]5CC[C@H](C6(C)OCCO6)[C@@]5(C)CC(=O)[C@@H]43)C[C@@H]2O)CCO1. The predicted octanol–water partition coefficient (Wildman–Crippen LogP) is 4.43. The van der Waals surface area contributed by atoms with Crippen molar-refractivity contribution in [1.29, 1.82) is 0 Å². The maximum absolute atomic E-state index is 14.2. The maximum atomic E-state index is 14.2. The monoisotopic (exact) mass is 503 g/mol. The minimum Gasteiger partial charge on any atom is -0.391 e. The Kier molecular flexibility index (Phi) is 6.64. The fourth-order valence-electron chi connectivity index (χ4n) is 10.6. The summed E-state index contributed by atoms with van der Waals surface area (Å²) in [6.07, 6.45) is 9.21. The van der Waals surface area contributed by atoms with Crippen LogP contribution in [0.4, 0.5) is 0 Å². The van der Waals surface area contributed by atoms with Gasteiger partial charge in [0.1, 0.15) is 5.78 Å². The number of carbonyl (C=O) groups is 1. The smallest absolute Gasteiger partial charge is 0.169 e. The van der Waals surface area contributed by atoms with Crippen molar-refractivity contribution in [2.75, 3.05) is 32.9 Å². The van der Waals surface area contributed by atoms with E-state index in [1.807, 2.05) is 0 Å². The molecule has 10 atom stereocenters. The third-order valence-electron chi connectivity index (χ3n) is 12.1. The Morgan fingerprint density at radius 1 is 1.03 bits per heavy atom. The van der Waals surface area contributed by atoms with Gasteiger partial charge in [-0.05, 0) is 80.5 Å². The lowest BCUT2D eigenvalue weighted by molar-refractivity contribution is -0.218. The molecule has 4 saturated carbocycles. The van der Waals surface area contributed by atoms with Gasteiger partial charge in [0.15, 0.2) is 5.79 Å². The summed E-state index contributed by atoms with van der Waals surface area (Å²) in [5.74, 6) is 1.84. The Bertz CT molecular complexity index is 841. The molecule has 1 N–H and O–H groups in total. The Hall–Kier alpha value is -0.530. The van der Waals surface area contributed by atoms with Crippen molar-refractivity contribution in [1.82, 2.24) is 4.90 Å². The fraction of sp³-hybridized carbons (Fsp3) is 0.967. The average molecular weight is 504 g/mol. The summed E-state index contributed by atoms with van der Waals surface area (Å²) < 4.78 is 18.3. The maximum Gasteiger partial charge on any atom is 0.169 e. The molecule has 2 aliphatic heterocycles. The molecule has 0 aromatic carbocycles. The summed E-state index contributed by atoms with van der Waals surface area (Å²) in [5.41, 5.74) is -0.0577. The topological polar surface area (TPSA) is 68.2 Å². The summed E-state index contributed by atoms with van der Waals surface area (Å²) in [7, 11) is 0. The highest BCUT2D eigenvalue weighted by atomic mass is 16.7. The number of morpholine rings is 1. The molecule has 36 heavy (non-hydrogen) atoms. The van der Waals surface area contributed by atoms with Crippen LogP contribution in [0.1, 0.15) is 85.5 Å². The van der Waals surface area contributed by atoms with Crippen molar-refractivity contribution in [2.45, 2.75) is 110 Å². The molecule has 4 aliphatic carbocycles. The van der Waals surface area contributed by atoms with Crippen molar-refractivity contribution in [3.63, 3.8) is 0 Å². The van der Waals surface area contributed by atoms with Crippen LogP contribution in [0, 0.1) is 40.4 Å². The molecule has 0 radical (unpaired) electrons. The van der Waals surface area contributed by atoms with E-state index in [0.717, 1.165) is 64.6 Å². The molecule has 0 aromatic heterocycles. The number of Topliss-reactive ketones (excluding diaryl/α,β-unsaturated/α-hetero) is 1. The van der Waals surface area contributed by atoms with E-state index in [2.05, 4.69) is 32.6 Å². The predicted molar refractivity (Wildman–Crippen MR) is 137 cm³/mol. The number of nitrogens with zero attached hydrogens (tertiary/aromatic N) is 1. The van der Waals surface area contributed by atoms with Gasteiger partial charge in [0.05, 0.1) is 32.0 Å². The van der Waals surface area contributed by atoms with Crippen molar-refractivity contribution >= 4 is 5.78 Å². The molecule has 0 aromatic rings. The number of carbonyl (C=O) groups excluding carboxylic acids is 1. The van der Waals surface area contributed by atoms with E-state index < -0.39 is 5.79 Å². The zero-order valence-corrected chi connectivity index (χ0v) is 23.0. The molecule has 6 fully saturated rings. The van der Waals surface area contributed by atoms with Crippen LogP contribution in [0.25, 0.3) is 0 Å². The fourth-order valence-corrected chi connectivity index (χ4v) is 10.6. The van der Waals surface area contributed by atoms with Gasteiger partial charge in [0.25, 0.3) is 0 Å². The first kappa shape index (κ1) is 25.7. The minimum absolute atomic E-state index is 0.0217. The van der Waals surface area contributed by atoms with E-state index in [1.54, 1.807) is 0 Å². The molecule has 0 spiro atoms. The number of ether oxygens (including phenoxy) is 3. The lowest BCUT2D eigenvalue weighted by Crippen LogP contribution is -2.63. The molecule has 6 heteroatoms. The normalized spacial score (nSPS) is 51.0. The number of aliphatic hydroxyl groups is 1. The van der Waals surface area contributed by atoms with E-state index >= 15 is 0 Å². The number of rotatable bonds is 4. The van der Waals surface area contributed by atoms with Gasteiger partial charge in [-0.25, -0.2) is 0 Å². The number of fused-ring (bicyclic) bond motifs is 5. The van der Waals surface area contributed by atoms with Crippen molar-refractivity contribution < 1.29 is 24.1 Å². The van der Waals surface area contributed by atoms with Crippen LogP contribution in [-0.4, -0.2) is 72.7 Å². The lowest BCUT2D eigenvalue weighted by Gasteiger charge is -2.62. The molecular weight excluding hydrogens is 454 g/mol. The first-order chi connectivity index (χ1) is 17.2. The molecule has 0 amide bonds. The van der Waals surface area contributed by atoms with Crippen molar-refractivity contribution in [3.8, 4) is 0 Å². The van der Waals surface area contributed by atoms with Gasteiger partial charge in [0, 0.05) is 37.4 Å². The number of ketones is 1. The summed E-state index contributed by atoms with van der Waals surface area (Å²) in [6.45, 7) is 13.0. The molecule has 6 aliphatic rings. The molecule has 6 rings (SSSR count). The van der Waals surface area contributed by atoms with Crippen LogP contribution in [-0.2, 0) is 19.0 Å². The van der Waals surface area contributed by atoms with E-state index in [9.17, 15) is 9.90 Å². The van der Waals surface area contributed by atoms with Crippen molar-refractivity contribution in [2.24, 2.45) is 40.4 Å². The van der Waals surface area contributed by atoms with E-state index in [-0.39, 0.29) is 40.9 Å². The third kappa shape index (κ3) is 3.87. The van der Waals surface area contributed by atoms with Crippen LogP contribution in [0.3, 0.4) is 0 Å².